The van der Waals surface area contributed by atoms with Gasteiger partial charge in [-0.05, 0) is 32.4 Å². The number of nitrogens with zero attached hydrogens (tertiary/aromatic N) is 3. The summed E-state index contributed by atoms with van der Waals surface area (Å²) in [5.41, 5.74) is 1.97. The van der Waals surface area contributed by atoms with Crippen LogP contribution in [0.15, 0.2) is 33.9 Å². The molecule has 4 nitrogen and oxygen atoms in total. The molecule has 114 valence electrons. The molecule has 3 aromatic rings. The number of rotatable bonds is 4. The topological polar surface area (TPSA) is 51.8 Å². The molecule has 0 aliphatic carbocycles. The van der Waals surface area contributed by atoms with Crippen LogP contribution in [-0.2, 0) is 0 Å². The summed E-state index contributed by atoms with van der Waals surface area (Å²) in [5, 5.41) is 10.7. The second-order valence-corrected chi connectivity index (χ2v) is 7.70. The highest BCUT2D eigenvalue weighted by atomic mass is 35.5. The van der Waals surface area contributed by atoms with E-state index in [1.165, 1.54) is 11.8 Å². The van der Waals surface area contributed by atoms with Crippen molar-refractivity contribution in [2.24, 2.45) is 0 Å². The maximum absolute atomic E-state index is 6.22. The van der Waals surface area contributed by atoms with Gasteiger partial charge in [-0.2, -0.15) is 0 Å². The van der Waals surface area contributed by atoms with Gasteiger partial charge in [0.15, 0.2) is 0 Å². The summed E-state index contributed by atoms with van der Waals surface area (Å²) in [5.74, 6) is 0.525. The van der Waals surface area contributed by atoms with E-state index in [1.54, 1.807) is 11.3 Å². The van der Waals surface area contributed by atoms with Crippen LogP contribution in [0.1, 0.15) is 28.4 Å². The highest BCUT2D eigenvalue weighted by Gasteiger charge is 2.18. The predicted molar refractivity (Wildman–Crippen MR) is 90.6 cm³/mol. The molecule has 0 radical (unpaired) electrons. The summed E-state index contributed by atoms with van der Waals surface area (Å²) in [6.45, 7) is 5.98. The normalized spacial score (nSPS) is 12.5. The molecule has 0 saturated carbocycles. The third-order valence-corrected chi connectivity index (χ3v) is 5.50. The molecule has 7 heteroatoms. The SMILES string of the molecule is Cc1nc(C)c(-c2nnc(SC(C)c3ccccc3Cl)o2)s1. The summed E-state index contributed by atoms with van der Waals surface area (Å²) in [7, 11) is 0. The van der Waals surface area contributed by atoms with Crippen molar-refractivity contribution < 1.29 is 4.42 Å². The minimum Gasteiger partial charge on any atom is -0.410 e. The molecule has 2 heterocycles. The standard InChI is InChI=1S/C15H14ClN3OS2/c1-8-13(22-10(3)17-8)14-18-19-15(20-14)21-9(2)11-6-4-5-7-12(11)16/h4-7,9H,1-3H3. The van der Waals surface area contributed by atoms with Crippen LogP contribution in [0.2, 0.25) is 5.02 Å². The molecule has 1 atom stereocenters. The van der Waals surface area contributed by atoms with E-state index < -0.39 is 0 Å². The monoisotopic (exact) mass is 351 g/mol. The number of hydrogen-bond donors (Lipinski definition) is 0. The Morgan fingerprint density at radius 2 is 2.00 bits per heavy atom. The lowest BCUT2D eigenvalue weighted by molar-refractivity contribution is 0.465. The van der Waals surface area contributed by atoms with Crippen LogP contribution in [0.5, 0.6) is 0 Å². The third-order valence-electron chi connectivity index (χ3n) is 3.13. The average molecular weight is 352 g/mol. The fourth-order valence-corrected chi connectivity index (χ4v) is 4.15. The number of thiazole rings is 1. The highest BCUT2D eigenvalue weighted by Crippen LogP contribution is 2.38. The number of hydrogen-bond acceptors (Lipinski definition) is 6. The lowest BCUT2D eigenvalue weighted by Crippen LogP contribution is -1.89. The van der Waals surface area contributed by atoms with Gasteiger partial charge in [-0.15, -0.1) is 21.5 Å². The first-order valence-electron chi connectivity index (χ1n) is 6.73. The van der Waals surface area contributed by atoms with E-state index in [0.29, 0.717) is 11.1 Å². The van der Waals surface area contributed by atoms with Gasteiger partial charge in [-0.1, -0.05) is 41.6 Å². The molecule has 2 aromatic heterocycles. The van der Waals surface area contributed by atoms with E-state index >= 15 is 0 Å². The second-order valence-electron chi connectivity index (χ2n) is 4.80. The largest absolute Gasteiger partial charge is 0.410 e. The minimum atomic E-state index is 0.131. The fourth-order valence-electron chi connectivity index (χ4n) is 2.10. The van der Waals surface area contributed by atoms with Gasteiger partial charge in [-0.25, -0.2) is 4.98 Å². The maximum Gasteiger partial charge on any atom is 0.277 e. The lowest BCUT2D eigenvalue weighted by Gasteiger charge is -2.10. The van der Waals surface area contributed by atoms with E-state index in [0.717, 1.165) is 26.2 Å². The van der Waals surface area contributed by atoms with Gasteiger partial charge in [0.25, 0.3) is 11.1 Å². The zero-order valence-electron chi connectivity index (χ0n) is 12.3. The molecular formula is C15H14ClN3OS2. The Kier molecular flexibility index (Phi) is 4.52. The first-order valence-corrected chi connectivity index (χ1v) is 8.81. The molecule has 1 unspecified atom stereocenters. The summed E-state index contributed by atoms with van der Waals surface area (Å²) < 4.78 is 5.76. The molecule has 0 amide bonds. The minimum absolute atomic E-state index is 0.131. The fraction of sp³-hybridized carbons (Fsp3) is 0.267. The van der Waals surface area contributed by atoms with Crippen LogP contribution in [0, 0.1) is 13.8 Å². The van der Waals surface area contributed by atoms with Crippen LogP contribution in [0.25, 0.3) is 10.8 Å². The first kappa shape index (κ1) is 15.5. The molecule has 1 aromatic carbocycles. The van der Waals surface area contributed by atoms with E-state index in [4.69, 9.17) is 16.0 Å². The van der Waals surface area contributed by atoms with Crippen molar-refractivity contribution in [1.29, 1.82) is 0 Å². The Morgan fingerprint density at radius 1 is 1.23 bits per heavy atom. The van der Waals surface area contributed by atoms with Crippen molar-refractivity contribution in [3.8, 4) is 10.8 Å². The first-order chi connectivity index (χ1) is 10.5. The lowest BCUT2D eigenvalue weighted by atomic mass is 10.2. The number of aromatic nitrogens is 3. The van der Waals surface area contributed by atoms with E-state index in [9.17, 15) is 0 Å². The zero-order chi connectivity index (χ0) is 15.7. The maximum atomic E-state index is 6.22. The molecule has 0 bridgehead atoms. The molecular weight excluding hydrogens is 338 g/mol. The van der Waals surface area contributed by atoms with Gasteiger partial charge in [0.05, 0.1) is 10.7 Å². The van der Waals surface area contributed by atoms with Gasteiger partial charge in [0, 0.05) is 10.3 Å². The Hall–Kier alpha value is -1.37. The van der Waals surface area contributed by atoms with Crippen LogP contribution < -0.4 is 0 Å². The number of benzene rings is 1. The molecule has 0 fully saturated rings. The van der Waals surface area contributed by atoms with Gasteiger partial charge in [-0.3, -0.25) is 0 Å². The number of thioether (sulfide) groups is 1. The van der Waals surface area contributed by atoms with E-state index in [2.05, 4.69) is 22.1 Å². The van der Waals surface area contributed by atoms with E-state index in [1.807, 2.05) is 38.1 Å². The zero-order valence-corrected chi connectivity index (χ0v) is 14.7. The molecule has 0 spiro atoms. The van der Waals surface area contributed by atoms with Crippen molar-refractivity contribution >= 4 is 34.7 Å². The number of aryl methyl sites for hydroxylation is 2. The van der Waals surface area contributed by atoms with Crippen molar-refractivity contribution in [2.45, 2.75) is 31.2 Å². The van der Waals surface area contributed by atoms with E-state index in [-0.39, 0.29) is 5.25 Å². The van der Waals surface area contributed by atoms with Gasteiger partial charge >= 0.3 is 0 Å². The van der Waals surface area contributed by atoms with Crippen molar-refractivity contribution in [3.05, 3.63) is 45.6 Å². The van der Waals surface area contributed by atoms with Gasteiger partial charge in [0.2, 0.25) is 0 Å². The quantitative estimate of drug-likeness (QED) is 0.595. The molecule has 0 saturated heterocycles. The summed E-state index contributed by atoms with van der Waals surface area (Å²) >= 11 is 9.28. The molecule has 3 rings (SSSR count). The average Bonchev–Trinajstić information content (AvgIpc) is 3.05. The van der Waals surface area contributed by atoms with Crippen LogP contribution in [0.3, 0.4) is 0 Å². The van der Waals surface area contributed by atoms with Gasteiger partial charge < -0.3 is 4.42 Å². The Morgan fingerprint density at radius 3 is 2.68 bits per heavy atom. The molecule has 0 aliphatic heterocycles. The summed E-state index contributed by atoms with van der Waals surface area (Å²) in [6, 6.07) is 7.79. The van der Waals surface area contributed by atoms with Crippen molar-refractivity contribution in [1.82, 2.24) is 15.2 Å². The Labute approximate surface area is 141 Å². The summed E-state index contributed by atoms with van der Waals surface area (Å²) in [6.07, 6.45) is 0. The van der Waals surface area contributed by atoms with Gasteiger partial charge in [0.1, 0.15) is 4.88 Å². The molecule has 0 aliphatic rings. The molecule has 0 N–H and O–H groups in total. The number of halogens is 1. The Bertz CT molecular complexity index is 800. The van der Waals surface area contributed by atoms with Crippen LogP contribution in [0.4, 0.5) is 0 Å². The third kappa shape index (κ3) is 3.19. The molecule has 22 heavy (non-hydrogen) atoms. The van der Waals surface area contributed by atoms with Crippen molar-refractivity contribution in [3.63, 3.8) is 0 Å². The highest BCUT2D eigenvalue weighted by molar-refractivity contribution is 7.99. The summed E-state index contributed by atoms with van der Waals surface area (Å²) in [4.78, 5) is 5.32. The Balaban J connectivity index is 1.80. The van der Waals surface area contributed by atoms with Crippen LogP contribution >= 0.6 is 34.7 Å². The van der Waals surface area contributed by atoms with Crippen molar-refractivity contribution in [2.75, 3.05) is 0 Å². The smallest absolute Gasteiger partial charge is 0.277 e. The predicted octanol–water partition coefficient (Wildman–Crippen LogP) is 5.32. The second kappa shape index (κ2) is 6.40. The van der Waals surface area contributed by atoms with Crippen LogP contribution in [-0.4, -0.2) is 15.2 Å².